The molecule has 3 aromatic carbocycles. The lowest BCUT2D eigenvalue weighted by Crippen LogP contribution is -2.56. The highest BCUT2D eigenvalue weighted by Crippen LogP contribution is 2.40. The smallest absolute Gasteiger partial charge is 0.334 e. The molecule has 0 aliphatic heterocycles. The maximum Gasteiger partial charge on any atom is 0.334 e. The number of carbonyl (C=O) groups excluding carboxylic acids is 1. The van der Waals surface area contributed by atoms with Crippen molar-refractivity contribution in [2.24, 2.45) is 0 Å². The molecule has 0 aliphatic rings. The Morgan fingerprint density at radius 2 is 1.39 bits per heavy atom. The summed E-state index contributed by atoms with van der Waals surface area (Å²) in [7, 11) is 0. The first-order chi connectivity index (χ1) is 14.8. The van der Waals surface area contributed by atoms with Crippen LogP contribution in [-0.2, 0) is 15.1 Å². The van der Waals surface area contributed by atoms with Gasteiger partial charge in [0.25, 0.3) is 5.91 Å². The molecule has 0 heterocycles. The van der Waals surface area contributed by atoms with Gasteiger partial charge in [0.15, 0.2) is 5.54 Å². The number of hydrogen-bond acceptors (Lipinski definition) is 3. The second kappa shape index (κ2) is 9.26. The Bertz CT molecular complexity index is 1060. The Hall–Kier alpha value is -3.93. The molecule has 158 valence electrons. The lowest BCUT2D eigenvalue weighted by molar-refractivity contribution is -0.147. The second-order valence-corrected chi connectivity index (χ2v) is 7.36. The quantitative estimate of drug-likeness (QED) is 0.515. The zero-order valence-corrected chi connectivity index (χ0v) is 17.0. The predicted octanol–water partition coefficient (Wildman–Crippen LogP) is 3.96. The summed E-state index contributed by atoms with van der Waals surface area (Å²) >= 11 is 0. The summed E-state index contributed by atoms with van der Waals surface area (Å²) in [4.78, 5) is 37.7. The van der Waals surface area contributed by atoms with Crippen LogP contribution in [0.25, 0.3) is 0 Å². The predicted molar refractivity (Wildman–Crippen MR) is 116 cm³/mol. The summed E-state index contributed by atoms with van der Waals surface area (Å²) in [6.45, 7) is 1.88. The van der Waals surface area contributed by atoms with Crippen LogP contribution in [0, 0.1) is 6.92 Å². The maximum absolute atomic E-state index is 13.1. The molecule has 0 fully saturated rings. The van der Waals surface area contributed by atoms with Gasteiger partial charge in [0, 0.05) is 11.5 Å². The molecule has 3 aromatic rings. The van der Waals surface area contributed by atoms with Crippen molar-refractivity contribution in [1.29, 1.82) is 0 Å². The summed E-state index contributed by atoms with van der Waals surface area (Å²) in [5, 5.41) is 22.8. The summed E-state index contributed by atoms with van der Waals surface area (Å²) in [5.74, 6) is -4.16. The summed E-state index contributed by atoms with van der Waals surface area (Å²) in [5.41, 5.74) is 0.0296. The van der Waals surface area contributed by atoms with Crippen molar-refractivity contribution < 1.29 is 24.6 Å². The molecule has 6 heteroatoms. The van der Waals surface area contributed by atoms with Crippen molar-refractivity contribution in [3.8, 4) is 0 Å². The van der Waals surface area contributed by atoms with Gasteiger partial charge in [0.05, 0.1) is 6.42 Å². The Balaban J connectivity index is 2.23. The normalized spacial score (nSPS) is 13.6. The minimum atomic E-state index is -2.00. The topological polar surface area (TPSA) is 104 Å². The number of rotatable bonds is 8. The highest BCUT2D eigenvalue weighted by molar-refractivity contribution is 5.99. The molecular formula is C25H23NO5. The van der Waals surface area contributed by atoms with E-state index in [-0.39, 0.29) is 5.56 Å². The zero-order valence-electron chi connectivity index (χ0n) is 17.0. The van der Waals surface area contributed by atoms with Crippen molar-refractivity contribution in [2.45, 2.75) is 24.8 Å². The molecule has 3 N–H and O–H groups in total. The van der Waals surface area contributed by atoms with Crippen molar-refractivity contribution in [3.05, 3.63) is 107 Å². The van der Waals surface area contributed by atoms with Gasteiger partial charge in [-0.25, -0.2) is 4.79 Å². The molecule has 0 spiro atoms. The van der Waals surface area contributed by atoms with E-state index >= 15 is 0 Å². The van der Waals surface area contributed by atoms with Crippen LogP contribution in [0.4, 0.5) is 0 Å². The molecule has 1 amide bonds. The van der Waals surface area contributed by atoms with E-state index in [1.807, 2.05) is 6.92 Å². The minimum Gasteiger partial charge on any atom is -0.481 e. The number of aliphatic carboxylic acids is 2. The third-order valence-corrected chi connectivity index (χ3v) is 5.29. The number of carboxylic acids is 2. The largest absolute Gasteiger partial charge is 0.481 e. The first-order valence-electron chi connectivity index (χ1n) is 9.79. The van der Waals surface area contributed by atoms with E-state index in [1.165, 1.54) is 0 Å². The average molecular weight is 417 g/mol. The number of aryl methyl sites for hydroxylation is 1. The summed E-state index contributed by atoms with van der Waals surface area (Å²) in [6.07, 6.45) is -0.487. The van der Waals surface area contributed by atoms with Gasteiger partial charge in [-0.15, -0.1) is 0 Å². The molecule has 2 atom stereocenters. The van der Waals surface area contributed by atoms with E-state index in [0.29, 0.717) is 11.1 Å². The van der Waals surface area contributed by atoms with Gasteiger partial charge in [0.1, 0.15) is 0 Å². The number of carboxylic acid groups (broad SMARTS) is 2. The third kappa shape index (κ3) is 4.64. The Morgan fingerprint density at radius 3 is 1.90 bits per heavy atom. The van der Waals surface area contributed by atoms with E-state index in [4.69, 9.17) is 0 Å². The van der Waals surface area contributed by atoms with E-state index in [1.54, 1.807) is 84.9 Å². The summed E-state index contributed by atoms with van der Waals surface area (Å²) < 4.78 is 0. The van der Waals surface area contributed by atoms with Crippen molar-refractivity contribution >= 4 is 17.8 Å². The molecule has 0 saturated carbocycles. The molecule has 0 saturated heterocycles. The van der Waals surface area contributed by atoms with Gasteiger partial charge < -0.3 is 15.5 Å². The average Bonchev–Trinajstić information content (AvgIpc) is 2.77. The fourth-order valence-electron chi connectivity index (χ4n) is 3.72. The lowest BCUT2D eigenvalue weighted by Gasteiger charge is -2.38. The standard InChI is InChI=1S/C25H23NO5/c1-17-12-14-18(15-13-17)21(16-22(27)28)25(24(30)31,20-10-6-3-7-11-20)26-23(29)19-8-4-2-5-9-19/h2-15,21H,16H2,1H3,(H,26,29)(H,27,28)(H,30,31). The molecule has 3 rings (SSSR count). The third-order valence-electron chi connectivity index (χ3n) is 5.29. The van der Waals surface area contributed by atoms with Crippen molar-refractivity contribution in [1.82, 2.24) is 5.32 Å². The highest BCUT2D eigenvalue weighted by Gasteiger charge is 2.50. The lowest BCUT2D eigenvalue weighted by atomic mass is 9.72. The van der Waals surface area contributed by atoms with Crippen LogP contribution in [0.15, 0.2) is 84.9 Å². The number of carbonyl (C=O) groups is 3. The molecule has 2 unspecified atom stereocenters. The van der Waals surface area contributed by atoms with Gasteiger partial charge in [0.2, 0.25) is 0 Å². The van der Waals surface area contributed by atoms with Crippen LogP contribution >= 0.6 is 0 Å². The van der Waals surface area contributed by atoms with Crippen LogP contribution < -0.4 is 5.32 Å². The maximum atomic E-state index is 13.1. The van der Waals surface area contributed by atoms with Crippen molar-refractivity contribution in [3.63, 3.8) is 0 Å². The zero-order chi connectivity index (χ0) is 22.4. The van der Waals surface area contributed by atoms with E-state index in [0.717, 1.165) is 5.56 Å². The number of benzene rings is 3. The number of nitrogens with one attached hydrogen (secondary N) is 1. The van der Waals surface area contributed by atoms with E-state index in [2.05, 4.69) is 5.32 Å². The van der Waals surface area contributed by atoms with Crippen LogP contribution in [0.3, 0.4) is 0 Å². The number of amides is 1. The van der Waals surface area contributed by atoms with Crippen LogP contribution in [0.1, 0.15) is 39.4 Å². The van der Waals surface area contributed by atoms with Gasteiger partial charge in [-0.2, -0.15) is 0 Å². The van der Waals surface area contributed by atoms with Gasteiger partial charge in [-0.3, -0.25) is 9.59 Å². The number of hydrogen-bond donors (Lipinski definition) is 3. The first-order valence-corrected chi connectivity index (χ1v) is 9.79. The Morgan fingerprint density at radius 1 is 0.839 bits per heavy atom. The molecular weight excluding hydrogens is 394 g/mol. The first kappa shape index (κ1) is 21.8. The second-order valence-electron chi connectivity index (χ2n) is 7.36. The fourth-order valence-corrected chi connectivity index (χ4v) is 3.72. The molecule has 0 aromatic heterocycles. The molecule has 6 nitrogen and oxygen atoms in total. The molecule has 31 heavy (non-hydrogen) atoms. The van der Waals surface area contributed by atoms with Crippen molar-refractivity contribution in [2.75, 3.05) is 0 Å². The molecule has 0 bridgehead atoms. The molecule has 0 aliphatic carbocycles. The minimum absolute atomic E-state index is 0.280. The Kier molecular flexibility index (Phi) is 6.50. The van der Waals surface area contributed by atoms with Gasteiger partial charge in [-0.05, 0) is 30.2 Å². The van der Waals surface area contributed by atoms with Gasteiger partial charge in [-0.1, -0.05) is 78.4 Å². The Labute approximate surface area is 180 Å². The van der Waals surface area contributed by atoms with Crippen LogP contribution in [0.2, 0.25) is 0 Å². The highest BCUT2D eigenvalue weighted by atomic mass is 16.4. The van der Waals surface area contributed by atoms with Gasteiger partial charge >= 0.3 is 11.9 Å². The fraction of sp³-hybridized carbons (Fsp3) is 0.160. The van der Waals surface area contributed by atoms with Crippen LogP contribution in [0.5, 0.6) is 0 Å². The van der Waals surface area contributed by atoms with Crippen LogP contribution in [-0.4, -0.2) is 28.1 Å². The van der Waals surface area contributed by atoms with E-state index < -0.39 is 35.7 Å². The summed E-state index contributed by atoms with van der Waals surface area (Å²) in [6, 6.07) is 23.5. The van der Waals surface area contributed by atoms with E-state index in [9.17, 15) is 24.6 Å². The molecule has 0 radical (unpaired) electrons. The monoisotopic (exact) mass is 417 g/mol. The SMILES string of the molecule is Cc1ccc(C(CC(=O)O)C(NC(=O)c2ccccc2)(C(=O)O)c2ccccc2)cc1.